The van der Waals surface area contributed by atoms with E-state index < -0.39 is 0 Å². The lowest BCUT2D eigenvalue weighted by atomic mass is 9.97. The number of carbonyl (C=O) groups is 1. The van der Waals surface area contributed by atoms with Gasteiger partial charge < -0.3 is 15.0 Å². The summed E-state index contributed by atoms with van der Waals surface area (Å²) in [5.41, 5.74) is 2.70. The van der Waals surface area contributed by atoms with Gasteiger partial charge in [0, 0.05) is 44.5 Å². The van der Waals surface area contributed by atoms with Crippen molar-refractivity contribution in [2.24, 2.45) is 0 Å². The molecule has 27 heavy (non-hydrogen) atoms. The quantitative estimate of drug-likeness (QED) is 0.748. The number of amides is 1. The highest BCUT2D eigenvalue weighted by atomic mass is 16.5. The third-order valence-electron chi connectivity index (χ3n) is 5.79. The van der Waals surface area contributed by atoms with E-state index in [1.54, 1.807) is 7.11 Å². The Morgan fingerprint density at radius 2 is 2.04 bits per heavy atom. The fraction of sp³-hybridized carbons (Fsp3) is 0.591. The van der Waals surface area contributed by atoms with Gasteiger partial charge in [-0.1, -0.05) is 17.7 Å². The van der Waals surface area contributed by atoms with Crippen LogP contribution in [0.2, 0.25) is 0 Å². The minimum Gasteiger partial charge on any atom is -0.497 e. The van der Waals surface area contributed by atoms with Crippen molar-refractivity contribution < 1.29 is 9.53 Å². The molecule has 1 saturated heterocycles. The number of methoxy groups -OCH3 is 1. The summed E-state index contributed by atoms with van der Waals surface area (Å²) < 4.78 is 5.32. The molecule has 0 saturated carbocycles. The molecule has 3 rings (SSSR count). The SMILES string of the molecule is COc1cccc(N2CCN([C@H](C)C(=O)NCCC3=CCCCC3)CC2)c1. The topological polar surface area (TPSA) is 44.8 Å². The molecule has 1 atom stereocenters. The number of hydrogen-bond donors (Lipinski definition) is 1. The standard InChI is InChI=1S/C22H33N3O2/c1-18(22(26)23-12-11-19-7-4-3-5-8-19)24-13-15-25(16-14-24)20-9-6-10-21(17-20)27-2/h6-7,9-10,17-18H,3-5,8,11-16H2,1-2H3,(H,23,26)/t18-/m1/s1. The maximum atomic E-state index is 12.5. The van der Waals surface area contributed by atoms with Crippen LogP contribution in [0.1, 0.15) is 39.0 Å². The molecule has 1 aromatic rings. The maximum Gasteiger partial charge on any atom is 0.237 e. The van der Waals surface area contributed by atoms with Crippen LogP contribution in [0.15, 0.2) is 35.9 Å². The molecule has 148 valence electrons. The Balaban J connectivity index is 1.42. The monoisotopic (exact) mass is 371 g/mol. The molecule has 1 heterocycles. The van der Waals surface area contributed by atoms with Crippen LogP contribution in [-0.2, 0) is 4.79 Å². The normalized spacial score (nSPS) is 19.3. The number of anilines is 1. The largest absolute Gasteiger partial charge is 0.497 e. The van der Waals surface area contributed by atoms with Crippen molar-refractivity contribution in [1.29, 1.82) is 0 Å². The fourth-order valence-electron chi connectivity index (χ4n) is 3.97. The van der Waals surface area contributed by atoms with Crippen LogP contribution in [0, 0.1) is 0 Å². The Morgan fingerprint density at radius 3 is 2.74 bits per heavy atom. The van der Waals surface area contributed by atoms with Crippen molar-refractivity contribution in [3.05, 3.63) is 35.9 Å². The van der Waals surface area contributed by atoms with Crippen LogP contribution in [0.25, 0.3) is 0 Å². The first-order valence-corrected chi connectivity index (χ1v) is 10.3. The highest BCUT2D eigenvalue weighted by Gasteiger charge is 2.25. The molecule has 0 spiro atoms. The Morgan fingerprint density at radius 1 is 1.22 bits per heavy atom. The molecule has 1 N–H and O–H groups in total. The number of allylic oxidation sites excluding steroid dienone is 1. The molecule has 0 aromatic heterocycles. The zero-order valence-corrected chi connectivity index (χ0v) is 16.7. The first kappa shape index (κ1) is 19.7. The lowest BCUT2D eigenvalue weighted by Gasteiger charge is -2.38. The molecule has 1 fully saturated rings. The molecule has 1 aliphatic heterocycles. The van der Waals surface area contributed by atoms with Gasteiger partial charge in [0.1, 0.15) is 5.75 Å². The summed E-state index contributed by atoms with van der Waals surface area (Å²) in [4.78, 5) is 17.2. The molecule has 0 bridgehead atoms. The molecule has 0 unspecified atom stereocenters. The van der Waals surface area contributed by atoms with Gasteiger partial charge in [0.25, 0.3) is 0 Å². The summed E-state index contributed by atoms with van der Waals surface area (Å²) in [7, 11) is 1.70. The predicted molar refractivity (Wildman–Crippen MR) is 110 cm³/mol. The fourth-order valence-corrected chi connectivity index (χ4v) is 3.97. The predicted octanol–water partition coefficient (Wildman–Crippen LogP) is 3.21. The summed E-state index contributed by atoms with van der Waals surface area (Å²) in [5, 5.41) is 3.13. The van der Waals surface area contributed by atoms with Gasteiger partial charge >= 0.3 is 0 Å². The first-order chi connectivity index (χ1) is 13.2. The van der Waals surface area contributed by atoms with E-state index in [4.69, 9.17) is 4.74 Å². The van der Waals surface area contributed by atoms with Crippen LogP contribution < -0.4 is 15.0 Å². The van der Waals surface area contributed by atoms with Crippen molar-refractivity contribution in [3.8, 4) is 5.75 Å². The lowest BCUT2D eigenvalue weighted by Crippen LogP contribution is -2.54. The number of nitrogens with one attached hydrogen (secondary N) is 1. The molecule has 5 nitrogen and oxygen atoms in total. The second-order valence-electron chi connectivity index (χ2n) is 7.55. The minimum atomic E-state index is -0.0715. The van der Waals surface area contributed by atoms with Gasteiger partial charge in [-0.15, -0.1) is 0 Å². The van der Waals surface area contributed by atoms with E-state index in [1.165, 1.54) is 36.9 Å². The minimum absolute atomic E-state index is 0.0715. The number of benzene rings is 1. The van der Waals surface area contributed by atoms with Crippen LogP contribution in [0.5, 0.6) is 5.75 Å². The number of ether oxygens (including phenoxy) is 1. The van der Waals surface area contributed by atoms with Gasteiger partial charge in [-0.3, -0.25) is 9.69 Å². The molecule has 1 aliphatic carbocycles. The molecular formula is C22H33N3O2. The van der Waals surface area contributed by atoms with Crippen molar-refractivity contribution in [2.45, 2.75) is 45.1 Å². The molecule has 0 radical (unpaired) electrons. The third-order valence-corrected chi connectivity index (χ3v) is 5.79. The summed E-state index contributed by atoms with van der Waals surface area (Å²) in [6, 6.07) is 8.12. The van der Waals surface area contributed by atoms with Crippen LogP contribution >= 0.6 is 0 Å². The Bertz CT molecular complexity index is 651. The number of carbonyl (C=O) groups excluding carboxylic acids is 1. The third kappa shape index (κ3) is 5.48. The molecule has 2 aliphatic rings. The van der Waals surface area contributed by atoms with Crippen LogP contribution in [0.4, 0.5) is 5.69 Å². The number of nitrogens with zero attached hydrogens (tertiary/aromatic N) is 2. The number of rotatable bonds is 7. The lowest BCUT2D eigenvalue weighted by molar-refractivity contribution is -0.125. The van der Waals surface area contributed by atoms with Gasteiger partial charge in [0.05, 0.1) is 13.2 Å². The average Bonchev–Trinajstić information content (AvgIpc) is 2.74. The summed E-state index contributed by atoms with van der Waals surface area (Å²) >= 11 is 0. The van der Waals surface area contributed by atoms with E-state index in [1.807, 2.05) is 19.1 Å². The van der Waals surface area contributed by atoms with E-state index in [9.17, 15) is 4.79 Å². The highest BCUT2D eigenvalue weighted by molar-refractivity contribution is 5.81. The van der Waals surface area contributed by atoms with Crippen LogP contribution in [0.3, 0.4) is 0 Å². The molecule has 1 amide bonds. The van der Waals surface area contributed by atoms with E-state index in [2.05, 4.69) is 33.3 Å². The maximum absolute atomic E-state index is 12.5. The average molecular weight is 372 g/mol. The zero-order valence-electron chi connectivity index (χ0n) is 16.7. The Kier molecular flexibility index (Phi) is 7.16. The van der Waals surface area contributed by atoms with E-state index in [0.29, 0.717) is 0 Å². The molecular weight excluding hydrogens is 338 g/mol. The van der Waals surface area contributed by atoms with Gasteiger partial charge in [-0.05, 0) is 51.2 Å². The second kappa shape index (κ2) is 9.79. The summed E-state index contributed by atoms with van der Waals surface area (Å²) in [5.74, 6) is 1.04. The first-order valence-electron chi connectivity index (χ1n) is 10.3. The van der Waals surface area contributed by atoms with Gasteiger partial charge in [-0.2, -0.15) is 0 Å². The van der Waals surface area contributed by atoms with E-state index in [0.717, 1.165) is 44.9 Å². The number of hydrogen-bond acceptors (Lipinski definition) is 4. The smallest absolute Gasteiger partial charge is 0.237 e. The van der Waals surface area contributed by atoms with Gasteiger partial charge in [0.15, 0.2) is 0 Å². The summed E-state index contributed by atoms with van der Waals surface area (Å²) in [6.07, 6.45) is 8.39. The Labute approximate surface area is 163 Å². The molecule has 5 heteroatoms. The van der Waals surface area contributed by atoms with Crippen LogP contribution in [-0.4, -0.2) is 56.7 Å². The molecule has 1 aromatic carbocycles. The van der Waals surface area contributed by atoms with Crippen molar-refractivity contribution in [1.82, 2.24) is 10.2 Å². The second-order valence-corrected chi connectivity index (χ2v) is 7.55. The van der Waals surface area contributed by atoms with Gasteiger partial charge in [0.2, 0.25) is 5.91 Å². The van der Waals surface area contributed by atoms with Crippen molar-refractivity contribution in [2.75, 3.05) is 44.7 Å². The number of piperazine rings is 1. The van der Waals surface area contributed by atoms with Gasteiger partial charge in [-0.25, -0.2) is 0 Å². The summed E-state index contributed by atoms with van der Waals surface area (Å²) in [6.45, 7) is 6.44. The van der Waals surface area contributed by atoms with E-state index in [-0.39, 0.29) is 11.9 Å². The van der Waals surface area contributed by atoms with Crippen molar-refractivity contribution in [3.63, 3.8) is 0 Å². The zero-order chi connectivity index (χ0) is 19.1. The van der Waals surface area contributed by atoms with Crippen molar-refractivity contribution >= 4 is 11.6 Å². The van der Waals surface area contributed by atoms with E-state index >= 15 is 0 Å². The highest BCUT2D eigenvalue weighted by Crippen LogP contribution is 2.22. The Hall–Kier alpha value is -2.01.